The molecule has 7 nitrogen and oxygen atoms in total. The number of fused-ring (bicyclic) bond motifs is 1. The van der Waals surface area contributed by atoms with E-state index in [4.69, 9.17) is 0 Å². The van der Waals surface area contributed by atoms with Crippen LogP contribution in [0.25, 0.3) is 11.0 Å². The molecule has 0 aliphatic carbocycles. The van der Waals surface area contributed by atoms with Crippen LogP contribution < -0.4 is 10.5 Å². The van der Waals surface area contributed by atoms with Gasteiger partial charge in [0.2, 0.25) is 0 Å². The summed E-state index contributed by atoms with van der Waals surface area (Å²) < 4.78 is 1.64. The predicted octanol–water partition coefficient (Wildman–Crippen LogP) is 2.39. The van der Waals surface area contributed by atoms with Gasteiger partial charge in [-0.2, -0.15) is 0 Å². The number of aromatic nitrogens is 3. The highest BCUT2D eigenvalue weighted by Crippen LogP contribution is 2.18. The van der Waals surface area contributed by atoms with Gasteiger partial charge in [-0.25, -0.2) is 9.97 Å². The average molecular weight is 391 g/mol. The molecule has 1 aromatic carbocycles. The number of anilines is 1. The third-order valence-corrected chi connectivity index (χ3v) is 5.62. The Morgan fingerprint density at radius 2 is 1.79 bits per heavy atom. The van der Waals surface area contributed by atoms with Crippen LogP contribution in [0.15, 0.2) is 41.3 Å². The lowest BCUT2D eigenvalue weighted by Crippen LogP contribution is -2.50. The Morgan fingerprint density at radius 3 is 2.45 bits per heavy atom. The average Bonchev–Trinajstić information content (AvgIpc) is 2.75. The van der Waals surface area contributed by atoms with Gasteiger partial charge < -0.3 is 14.4 Å². The Labute approximate surface area is 169 Å². The van der Waals surface area contributed by atoms with Gasteiger partial charge in [-0.3, -0.25) is 9.59 Å². The fraction of sp³-hybridized carbons (Fsp3) is 0.364. The summed E-state index contributed by atoms with van der Waals surface area (Å²) >= 11 is 0. The number of hydrogen-bond acceptors (Lipinski definition) is 5. The van der Waals surface area contributed by atoms with E-state index in [-0.39, 0.29) is 17.2 Å². The predicted molar refractivity (Wildman–Crippen MR) is 114 cm³/mol. The molecule has 1 aliphatic heterocycles. The third kappa shape index (κ3) is 3.48. The van der Waals surface area contributed by atoms with E-state index in [2.05, 4.69) is 14.9 Å². The van der Waals surface area contributed by atoms with Gasteiger partial charge in [0, 0.05) is 38.9 Å². The molecule has 1 aliphatic rings. The maximum absolute atomic E-state index is 13.1. The van der Waals surface area contributed by atoms with Gasteiger partial charge in [-0.1, -0.05) is 6.07 Å². The fourth-order valence-electron chi connectivity index (χ4n) is 3.78. The number of amides is 1. The summed E-state index contributed by atoms with van der Waals surface area (Å²) in [6.45, 7) is 8.86. The van der Waals surface area contributed by atoms with Gasteiger partial charge in [-0.15, -0.1) is 0 Å². The molecule has 1 fully saturated rings. The first-order valence-corrected chi connectivity index (χ1v) is 9.96. The van der Waals surface area contributed by atoms with Crippen molar-refractivity contribution in [2.24, 2.45) is 0 Å². The molecule has 4 rings (SSSR count). The zero-order valence-electron chi connectivity index (χ0n) is 17.1. The van der Waals surface area contributed by atoms with Crippen LogP contribution in [-0.2, 0) is 6.54 Å². The van der Waals surface area contributed by atoms with E-state index in [0.29, 0.717) is 38.2 Å². The van der Waals surface area contributed by atoms with Crippen molar-refractivity contribution in [3.05, 3.63) is 63.7 Å². The highest BCUT2D eigenvalue weighted by atomic mass is 16.2. The number of carbonyl (C=O) groups excluding carboxylic acids is 1. The summed E-state index contributed by atoms with van der Waals surface area (Å²) in [5, 5.41) is 0. The van der Waals surface area contributed by atoms with E-state index in [1.54, 1.807) is 15.7 Å². The van der Waals surface area contributed by atoms with Crippen LogP contribution in [0.3, 0.4) is 0 Å². The number of aryl methyl sites for hydroxylation is 3. The molecule has 0 saturated carbocycles. The van der Waals surface area contributed by atoms with Crippen LogP contribution in [0.1, 0.15) is 28.5 Å². The molecule has 3 heterocycles. The Kier molecular flexibility index (Phi) is 5.05. The summed E-state index contributed by atoms with van der Waals surface area (Å²) in [5.74, 6) is 0.612. The van der Waals surface area contributed by atoms with E-state index in [1.807, 2.05) is 51.1 Å². The van der Waals surface area contributed by atoms with Crippen molar-refractivity contribution >= 4 is 22.8 Å². The zero-order chi connectivity index (χ0) is 20.5. The Bertz CT molecular complexity index is 1120. The molecule has 0 radical (unpaired) electrons. The normalized spacial score (nSPS) is 14.4. The van der Waals surface area contributed by atoms with E-state index in [0.717, 1.165) is 22.5 Å². The molecule has 0 N–H and O–H groups in total. The lowest BCUT2D eigenvalue weighted by atomic mass is 10.1. The van der Waals surface area contributed by atoms with Crippen LogP contribution in [0.5, 0.6) is 0 Å². The highest BCUT2D eigenvalue weighted by molar-refractivity contribution is 5.94. The highest BCUT2D eigenvalue weighted by Gasteiger charge is 2.26. The van der Waals surface area contributed by atoms with Crippen molar-refractivity contribution in [3.63, 3.8) is 0 Å². The quantitative estimate of drug-likeness (QED) is 0.686. The second-order valence-electron chi connectivity index (χ2n) is 7.40. The van der Waals surface area contributed by atoms with Crippen molar-refractivity contribution in [2.75, 3.05) is 31.1 Å². The summed E-state index contributed by atoms with van der Waals surface area (Å²) in [4.78, 5) is 38.9. The minimum Gasteiger partial charge on any atom is -0.353 e. The standard InChI is InChI=1S/C22H25N5O2/c1-4-27-18-14-16(3)15(2)13-17(18)24-20(22(27)29)21(28)26-11-9-25(10-12-26)19-7-5-6-8-23-19/h5-8,13-14H,4,9-12H2,1-3H3. The number of piperazine rings is 1. The van der Waals surface area contributed by atoms with Crippen LogP contribution in [0, 0.1) is 13.8 Å². The van der Waals surface area contributed by atoms with E-state index in [9.17, 15) is 9.59 Å². The monoisotopic (exact) mass is 391 g/mol. The molecule has 1 saturated heterocycles. The molecule has 7 heteroatoms. The molecule has 0 bridgehead atoms. The van der Waals surface area contributed by atoms with Crippen molar-refractivity contribution in [1.82, 2.24) is 19.4 Å². The van der Waals surface area contributed by atoms with Gasteiger partial charge in [0.15, 0.2) is 5.69 Å². The summed E-state index contributed by atoms with van der Waals surface area (Å²) in [6.07, 6.45) is 1.77. The lowest BCUT2D eigenvalue weighted by molar-refractivity contribution is 0.0738. The summed E-state index contributed by atoms with van der Waals surface area (Å²) in [5.41, 5.74) is 3.34. The van der Waals surface area contributed by atoms with Crippen LogP contribution >= 0.6 is 0 Å². The zero-order valence-corrected chi connectivity index (χ0v) is 17.1. The second kappa shape index (κ2) is 7.66. The Morgan fingerprint density at radius 1 is 1.07 bits per heavy atom. The second-order valence-corrected chi connectivity index (χ2v) is 7.40. The van der Waals surface area contributed by atoms with Gasteiger partial charge >= 0.3 is 0 Å². The lowest BCUT2D eigenvalue weighted by Gasteiger charge is -2.35. The molecule has 1 amide bonds. The van der Waals surface area contributed by atoms with Gasteiger partial charge in [0.1, 0.15) is 5.82 Å². The molecular weight excluding hydrogens is 366 g/mol. The Hall–Kier alpha value is -3.22. The number of nitrogens with zero attached hydrogens (tertiary/aromatic N) is 5. The van der Waals surface area contributed by atoms with Crippen LogP contribution in [0.4, 0.5) is 5.82 Å². The first-order chi connectivity index (χ1) is 14.0. The molecule has 150 valence electrons. The number of rotatable bonds is 3. The SMILES string of the molecule is CCn1c(=O)c(C(=O)N2CCN(c3ccccn3)CC2)nc2cc(C)c(C)cc21. The van der Waals surface area contributed by atoms with Gasteiger partial charge in [0.25, 0.3) is 11.5 Å². The molecule has 29 heavy (non-hydrogen) atoms. The number of benzene rings is 1. The molecule has 0 spiro atoms. The number of carbonyl (C=O) groups is 1. The maximum atomic E-state index is 13.1. The minimum absolute atomic E-state index is 0.00823. The number of pyridine rings is 1. The van der Waals surface area contributed by atoms with E-state index >= 15 is 0 Å². The van der Waals surface area contributed by atoms with Gasteiger partial charge in [-0.05, 0) is 56.2 Å². The Balaban J connectivity index is 1.63. The van der Waals surface area contributed by atoms with Crippen molar-refractivity contribution in [1.29, 1.82) is 0 Å². The van der Waals surface area contributed by atoms with Crippen molar-refractivity contribution in [3.8, 4) is 0 Å². The molecule has 2 aromatic heterocycles. The number of hydrogen-bond donors (Lipinski definition) is 0. The van der Waals surface area contributed by atoms with Crippen molar-refractivity contribution in [2.45, 2.75) is 27.3 Å². The van der Waals surface area contributed by atoms with Gasteiger partial charge in [0.05, 0.1) is 11.0 Å². The summed E-state index contributed by atoms with van der Waals surface area (Å²) in [7, 11) is 0. The van der Waals surface area contributed by atoms with Crippen molar-refractivity contribution < 1.29 is 4.79 Å². The molecule has 3 aromatic rings. The fourth-order valence-corrected chi connectivity index (χ4v) is 3.78. The first kappa shape index (κ1) is 19.1. The van der Waals surface area contributed by atoms with E-state index < -0.39 is 0 Å². The van der Waals surface area contributed by atoms with Crippen LogP contribution in [0.2, 0.25) is 0 Å². The third-order valence-electron chi connectivity index (χ3n) is 5.62. The molecular formula is C22H25N5O2. The molecule has 0 atom stereocenters. The minimum atomic E-state index is -0.319. The van der Waals surface area contributed by atoms with Crippen LogP contribution in [-0.4, -0.2) is 51.5 Å². The largest absolute Gasteiger partial charge is 0.353 e. The van der Waals surface area contributed by atoms with E-state index in [1.165, 1.54) is 0 Å². The smallest absolute Gasteiger partial charge is 0.282 e. The molecule has 0 unspecified atom stereocenters. The maximum Gasteiger partial charge on any atom is 0.282 e. The topological polar surface area (TPSA) is 71.3 Å². The first-order valence-electron chi connectivity index (χ1n) is 9.96. The summed E-state index contributed by atoms with van der Waals surface area (Å²) in [6, 6.07) is 9.73.